The molecule has 0 radical (unpaired) electrons. The molecule has 0 aliphatic heterocycles. The molecule has 0 atom stereocenters. The molecule has 0 saturated heterocycles. The number of hydrogen-bond acceptors (Lipinski definition) is 2. The van der Waals surface area contributed by atoms with Crippen LogP contribution in [-0.2, 0) is 11.3 Å². The molecule has 0 spiro atoms. The lowest BCUT2D eigenvalue weighted by Crippen LogP contribution is -2.00. The van der Waals surface area contributed by atoms with Crippen molar-refractivity contribution in [2.75, 3.05) is 7.11 Å². The van der Waals surface area contributed by atoms with Gasteiger partial charge in [0.05, 0.1) is 12.7 Å². The van der Waals surface area contributed by atoms with Crippen molar-refractivity contribution in [1.82, 2.24) is 4.57 Å². The van der Waals surface area contributed by atoms with Gasteiger partial charge in [-0.25, -0.2) is 4.79 Å². The molecule has 1 aromatic rings. The van der Waals surface area contributed by atoms with Gasteiger partial charge in [0.15, 0.2) is 0 Å². The van der Waals surface area contributed by atoms with Crippen molar-refractivity contribution in [3.63, 3.8) is 0 Å². The van der Waals surface area contributed by atoms with Gasteiger partial charge in [-0.2, -0.15) is 0 Å². The van der Waals surface area contributed by atoms with Crippen molar-refractivity contribution in [1.29, 1.82) is 0 Å². The van der Waals surface area contributed by atoms with Gasteiger partial charge in [0.2, 0.25) is 0 Å². The number of carbonyl (C=O) groups is 1. The average molecular weight is 209 g/mol. The summed E-state index contributed by atoms with van der Waals surface area (Å²) < 4.78 is 6.68. The SMILES string of the molecule is CCCCCCn1ccc(C(=O)OC)c1. The highest BCUT2D eigenvalue weighted by molar-refractivity contribution is 5.89. The Morgan fingerprint density at radius 1 is 1.40 bits per heavy atom. The van der Waals surface area contributed by atoms with Crippen LogP contribution in [0.3, 0.4) is 0 Å². The van der Waals surface area contributed by atoms with Crippen LogP contribution in [0, 0.1) is 0 Å². The van der Waals surface area contributed by atoms with Crippen molar-refractivity contribution in [2.24, 2.45) is 0 Å². The van der Waals surface area contributed by atoms with E-state index in [2.05, 4.69) is 11.7 Å². The highest BCUT2D eigenvalue weighted by Gasteiger charge is 2.05. The first-order chi connectivity index (χ1) is 7.27. The Balaban J connectivity index is 2.36. The molecule has 84 valence electrons. The van der Waals surface area contributed by atoms with E-state index in [1.54, 1.807) is 6.07 Å². The Kier molecular flexibility index (Phi) is 4.95. The Labute approximate surface area is 91.0 Å². The van der Waals surface area contributed by atoms with Crippen LogP contribution in [0.5, 0.6) is 0 Å². The lowest BCUT2D eigenvalue weighted by Gasteiger charge is -2.01. The van der Waals surface area contributed by atoms with E-state index in [0.29, 0.717) is 5.56 Å². The molecule has 1 aromatic heterocycles. The van der Waals surface area contributed by atoms with Crippen molar-refractivity contribution in [3.05, 3.63) is 24.0 Å². The van der Waals surface area contributed by atoms with E-state index in [1.165, 1.54) is 32.8 Å². The second-order valence-electron chi connectivity index (χ2n) is 3.69. The lowest BCUT2D eigenvalue weighted by molar-refractivity contribution is 0.0600. The second-order valence-corrected chi connectivity index (χ2v) is 3.69. The number of aryl methyl sites for hydroxylation is 1. The molecule has 0 unspecified atom stereocenters. The maximum Gasteiger partial charge on any atom is 0.339 e. The Hall–Kier alpha value is -1.25. The quantitative estimate of drug-likeness (QED) is 0.533. The minimum Gasteiger partial charge on any atom is -0.465 e. The molecule has 3 nitrogen and oxygen atoms in total. The standard InChI is InChI=1S/C12H19NO2/c1-3-4-5-6-8-13-9-7-11(10-13)12(14)15-2/h7,9-10H,3-6,8H2,1-2H3. The summed E-state index contributed by atoms with van der Waals surface area (Å²) in [5.74, 6) is -0.262. The van der Waals surface area contributed by atoms with Crippen LogP contribution in [0.4, 0.5) is 0 Å². The molecule has 1 heterocycles. The van der Waals surface area contributed by atoms with E-state index >= 15 is 0 Å². The molecule has 0 fully saturated rings. The van der Waals surface area contributed by atoms with Crippen molar-refractivity contribution in [2.45, 2.75) is 39.2 Å². The number of hydrogen-bond donors (Lipinski definition) is 0. The van der Waals surface area contributed by atoms with Crippen LogP contribution in [0.25, 0.3) is 0 Å². The monoisotopic (exact) mass is 209 g/mol. The second kappa shape index (κ2) is 6.27. The van der Waals surface area contributed by atoms with E-state index in [4.69, 9.17) is 0 Å². The molecule has 0 aliphatic carbocycles. The third-order valence-corrected chi connectivity index (χ3v) is 2.44. The molecular formula is C12H19NO2. The Morgan fingerprint density at radius 2 is 2.20 bits per heavy atom. The summed E-state index contributed by atoms with van der Waals surface area (Å²) in [5.41, 5.74) is 0.632. The highest BCUT2D eigenvalue weighted by atomic mass is 16.5. The fourth-order valence-electron chi connectivity index (χ4n) is 1.54. The van der Waals surface area contributed by atoms with Crippen LogP contribution in [0.1, 0.15) is 43.0 Å². The normalized spacial score (nSPS) is 10.3. The van der Waals surface area contributed by atoms with Crippen LogP contribution < -0.4 is 0 Å². The Morgan fingerprint density at radius 3 is 2.87 bits per heavy atom. The molecular weight excluding hydrogens is 190 g/mol. The maximum atomic E-state index is 11.2. The zero-order chi connectivity index (χ0) is 11.1. The molecule has 0 aromatic carbocycles. The van der Waals surface area contributed by atoms with Gasteiger partial charge in [0.25, 0.3) is 0 Å². The summed E-state index contributed by atoms with van der Waals surface area (Å²) in [4.78, 5) is 11.2. The van der Waals surface area contributed by atoms with Crippen LogP contribution in [0.2, 0.25) is 0 Å². The fraction of sp³-hybridized carbons (Fsp3) is 0.583. The lowest BCUT2D eigenvalue weighted by atomic mass is 10.2. The number of aromatic nitrogens is 1. The van der Waals surface area contributed by atoms with E-state index in [9.17, 15) is 4.79 Å². The highest BCUT2D eigenvalue weighted by Crippen LogP contribution is 2.06. The van der Waals surface area contributed by atoms with E-state index < -0.39 is 0 Å². The topological polar surface area (TPSA) is 31.2 Å². The number of unbranched alkanes of at least 4 members (excludes halogenated alkanes) is 3. The average Bonchev–Trinajstić information content (AvgIpc) is 2.72. The predicted octanol–water partition coefficient (Wildman–Crippen LogP) is 2.86. The van der Waals surface area contributed by atoms with Gasteiger partial charge in [-0.05, 0) is 12.5 Å². The van der Waals surface area contributed by atoms with Gasteiger partial charge in [-0.15, -0.1) is 0 Å². The zero-order valence-electron chi connectivity index (χ0n) is 9.53. The van der Waals surface area contributed by atoms with Crippen molar-refractivity contribution < 1.29 is 9.53 Å². The van der Waals surface area contributed by atoms with Crippen LogP contribution >= 0.6 is 0 Å². The number of esters is 1. The molecule has 0 bridgehead atoms. The van der Waals surface area contributed by atoms with Gasteiger partial charge in [0.1, 0.15) is 0 Å². The summed E-state index contributed by atoms with van der Waals surface area (Å²) >= 11 is 0. The van der Waals surface area contributed by atoms with Crippen LogP contribution in [-0.4, -0.2) is 17.6 Å². The molecule has 0 aliphatic rings. The number of rotatable bonds is 6. The molecule has 0 saturated carbocycles. The first-order valence-corrected chi connectivity index (χ1v) is 5.52. The largest absolute Gasteiger partial charge is 0.465 e. The van der Waals surface area contributed by atoms with E-state index in [0.717, 1.165) is 6.54 Å². The van der Waals surface area contributed by atoms with E-state index in [1.807, 2.05) is 17.0 Å². The zero-order valence-corrected chi connectivity index (χ0v) is 9.53. The number of nitrogens with zero attached hydrogens (tertiary/aromatic N) is 1. The fourth-order valence-corrected chi connectivity index (χ4v) is 1.54. The van der Waals surface area contributed by atoms with Crippen LogP contribution in [0.15, 0.2) is 18.5 Å². The minimum absolute atomic E-state index is 0.262. The van der Waals surface area contributed by atoms with Gasteiger partial charge < -0.3 is 9.30 Å². The maximum absolute atomic E-state index is 11.2. The molecule has 0 N–H and O–H groups in total. The van der Waals surface area contributed by atoms with E-state index in [-0.39, 0.29) is 5.97 Å². The summed E-state index contributed by atoms with van der Waals surface area (Å²) in [5, 5.41) is 0. The summed E-state index contributed by atoms with van der Waals surface area (Å²) in [6.07, 6.45) is 8.73. The summed E-state index contributed by atoms with van der Waals surface area (Å²) in [6.45, 7) is 3.18. The molecule has 1 rings (SSSR count). The van der Waals surface area contributed by atoms with Crippen molar-refractivity contribution >= 4 is 5.97 Å². The number of carbonyl (C=O) groups excluding carboxylic acids is 1. The molecule has 0 amide bonds. The number of ether oxygens (including phenoxy) is 1. The smallest absolute Gasteiger partial charge is 0.339 e. The molecule has 3 heteroatoms. The number of methoxy groups -OCH3 is 1. The van der Waals surface area contributed by atoms with Gasteiger partial charge in [-0.1, -0.05) is 26.2 Å². The summed E-state index contributed by atoms with van der Waals surface area (Å²) in [6, 6.07) is 1.80. The first kappa shape index (κ1) is 11.8. The van der Waals surface area contributed by atoms with Crippen molar-refractivity contribution in [3.8, 4) is 0 Å². The summed E-state index contributed by atoms with van der Waals surface area (Å²) in [7, 11) is 1.40. The predicted molar refractivity (Wildman–Crippen MR) is 59.9 cm³/mol. The van der Waals surface area contributed by atoms with Gasteiger partial charge in [0, 0.05) is 18.9 Å². The molecule has 15 heavy (non-hydrogen) atoms. The third-order valence-electron chi connectivity index (χ3n) is 2.44. The Bertz CT molecular complexity index is 304. The third kappa shape index (κ3) is 3.78. The minimum atomic E-state index is -0.262. The van der Waals surface area contributed by atoms with Gasteiger partial charge >= 0.3 is 5.97 Å². The van der Waals surface area contributed by atoms with Gasteiger partial charge in [-0.3, -0.25) is 0 Å². The first-order valence-electron chi connectivity index (χ1n) is 5.52.